The van der Waals surface area contributed by atoms with E-state index in [1.54, 1.807) is 54.6 Å². The standard InChI is InChI=1S/C22H19N3O4/c26-21(14-17-8-4-5-12-20(17)25(28)29)23-15-16-7-6-9-18(13-16)22(27)24-19-10-2-1-3-11-19/h1-13H,14-15H2,(H,23,26)(H,24,27). The van der Waals surface area contributed by atoms with Gasteiger partial charge in [0.2, 0.25) is 5.91 Å². The van der Waals surface area contributed by atoms with Crippen molar-refractivity contribution in [2.75, 3.05) is 5.32 Å². The third-order valence-corrected chi connectivity index (χ3v) is 4.25. The summed E-state index contributed by atoms with van der Waals surface area (Å²) in [5, 5.41) is 16.6. The highest BCUT2D eigenvalue weighted by atomic mass is 16.6. The number of para-hydroxylation sites is 2. The fraction of sp³-hybridized carbons (Fsp3) is 0.0909. The summed E-state index contributed by atoms with van der Waals surface area (Å²) in [5.74, 6) is -0.581. The van der Waals surface area contributed by atoms with E-state index >= 15 is 0 Å². The molecular weight excluding hydrogens is 370 g/mol. The number of benzene rings is 3. The number of carbonyl (C=O) groups excluding carboxylic acids is 2. The summed E-state index contributed by atoms with van der Waals surface area (Å²) < 4.78 is 0. The summed E-state index contributed by atoms with van der Waals surface area (Å²) in [6.07, 6.45) is -0.0919. The smallest absolute Gasteiger partial charge is 0.273 e. The van der Waals surface area contributed by atoms with Gasteiger partial charge in [-0.25, -0.2) is 0 Å². The Morgan fingerprint density at radius 1 is 0.897 bits per heavy atom. The van der Waals surface area contributed by atoms with Gasteiger partial charge in [0.25, 0.3) is 11.6 Å². The Morgan fingerprint density at radius 2 is 1.62 bits per heavy atom. The first-order valence-electron chi connectivity index (χ1n) is 8.97. The number of nitrogens with one attached hydrogen (secondary N) is 2. The van der Waals surface area contributed by atoms with Crippen molar-refractivity contribution in [3.05, 3.63) is 106 Å². The molecule has 0 heterocycles. The second-order valence-electron chi connectivity index (χ2n) is 6.36. The van der Waals surface area contributed by atoms with Gasteiger partial charge in [0, 0.05) is 29.4 Å². The molecule has 0 aliphatic rings. The lowest BCUT2D eigenvalue weighted by Crippen LogP contribution is -2.25. The first-order valence-corrected chi connectivity index (χ1v) is 8.97. The number of nitro groups is 1. The molecule has 7 nitrogen and oxygen atoms in total. The van der Waals surface area contributed by atoms with Crippen LogP contribution in [0.4, 0.5) is 11.4 Å². The molecule has 7 heteroatoms. The maximum atomic E-state index is 12.4. The predicted octanol–water partition coefficient (Wildman–Crippen LogP) is 3.71. The Kier molecular flexibility index (Phi) is 6.32. The van der Waals surface area contributed by atoms with E-state index in [1.165, 1.54) is 6.07 Å². The van der Waals surface area contributed by atoms with Crippen LogP contribution in [0.15, 0.2) is 78.9 Å². The number of rotatable bonds is 7. The minimum absolute atomic E-state index is 0.0813. The van der Waals surface area contributed by atoms with E-state index in [9.17, 15) is 19.7 Å². The summed E-state index contributed by atoms with van der Waals surface area (Å²) in [6.45, 7) is 0.214. The van der Waals surface area contributed by atoms with Crippen LogP contribution in [0, 0.1) is 10.1 Å². The number of amides is 2. The number of hydrogen-bond acceptors (Lipinski definition) is 4. The highest BCUT2D eigenvalue weighted by Gasteiger charge is 2.15. The molecule has 29 heavy (non-hydrogen) atoms. The third kappa shape index (κ3) is 5.49. The van der Waals surface area contributed by atoms with E-state index in [0.717, 1.165) is 5.56 Å². The summed E-state index contributed by atoms with van der Waals surface area (Å²) in [4.78, 5) is 35.1. The van der Waals surface area contributed by atoms with Crippen molar-refractivity contribution in [2.24, 2.45) is 0 Å². The van der Waals surface area contributed by atoms with Crippen molar-refractivity contribution < 1.29 is 14.5 Å². The lowest BCUT2D eigenvalue weighted by Gasteiger charge is -2.09. The zero-order chi connectivity index (χ0) is 20.6. The van der Waals surface area contributed by atoms with Crippen molar-refractivity contribution >= 4 is 23.2 Å². The Hall–Kier alpha value is -4.00. The van der Waals surface area contributed by atoms with E-state index in [4.69, 9.17) is 0 Å². The van der Waals surface area contributed by atoms with Gasteiger partial charge in [-0.15, -0.1) is 0 Å². The average molecular weight is 389 g/mol. The largest absolute Gasteiger partial charge is 0.352 e. The van der Waals surface area contributed by atoms with Crippen LogP contribution in [-0.4, -0.2) is 16.7 Å². The third-order valence-electron chi connectivity index (χ3n) is 4.25. The Morgan fingerprint density at radius 3 is 2.38 bits per heavy atom. The lowest BCUT2D eigenvalue weighted by molar-refractivity contribution is -0.385. The number of nitrogens with zero attached hydrogens (tertiary/aromatic N) is 1. The summed E-state index contributed by atoms with van der Waals surface area (Å²) in [7, 11) is 0. The van der Waals surface area contributed by atoms with Gasteiger partial charge >= 0.3 is 0 Å². The molecule has 0 bridgehead atoms. The van der Waals surface area contributed by atoms with Crippen LogP contribution in [0.1, 0.15) is 21.5 Å². The van der Waals surface area contributed by atoms with Crippen LogP contribution in [0.5, 0.6) is 0 Å². The van der Waals surface area contributed by atoms with Gasteiger partial charge in [-0.2, -0.15) is 0 Å². The van der Waals surface area contributed by atoms with Gasteiger partial charge in [-0.05, 0) is 29.8 Å². The van der Waals surface area contributed by atoms with Gasteiger partial charge < -0.3 is 10.6 Å². The number of nitro benzene ring substituents is 1. The highest BCUT2D eigenvalue weighted by molar-refractivity contribution is 6.04. The monoisotopic (exact) mass is 389 g/mol. The Bertz CT molecular complexity index is 1030. The average Bonchev–Trinajstić information content (AvgIpc) is 2.73. The lowest BCUT2D eigenvalue weighted by atomic mass is 10.1. The minimum atomic E-state index is -0.503. The minimum Gasteiger partial charge on any atom is -0.352 e. The quantitative estimate of drug-likeness (QED) is 0.475. The van der Waals surface area contributed by atoms with Crippen molar-refractivity contribution in [3.8, 4) is 0 Å². The van der Waals surface area contributed by atoms with Crippen LogP contribution in [0.2, 0.25) is 0 Å². The van der Waals surface area contributed by atoms with E-state index in [-0.39, 0.29) is 30.5 Å². The topological polar surface area (TPSA) is 101 Å². The number of hydrogen-bond donors (Lipinski definition) is 2. The Labute approximate surface area is 167 Å². The predicted molar refractivity (Wildman–Crippen MR) is 109 cm³/mol. The van der Waals surface area contributed by atoms with Crippen molar-refractivity contribution in [1.29, 1.82) is 0 Å². The van der Waals surface area contributed by atoms with E-state index in [2.05, 4.69) is 10.6 Å². The van der Waals surface area contributed by atoms with Crippen molar-refractivity contribution in [2.45, 2.75) is 13.0 Å². The molecule has 0 fully saturated rings. The van der Waals surface area contributed by atoms with Crippen LogP contribution in [0.25, 0.3) is 0 Å². The Balaban J connectivity index is 1.60. The van der Waals surface area contributed by atoms with Crippen molar-refractivity contribution in [1.82, 2.24) is 5.32 Å². The molecule has 0 saturated heterocycles. The molecule has 0 aromatic heterocycles. The van der Waals surface area contributed by atoms with Gasteiger partial charge in [0.1, 0.15) is 0 Å². The molecule has 2 amide bonds. The fourth-order valence-electron chi connectivity index (χ4n) is 2.82. The van der Waals surface area contributed by atoms with Crippen LogP contribution in [0.3, 0.4) is 0 Å². The molecule has 0 atom stereocenters. The van der Waals surface area contributed by atoms with Crippen molar-refractivity contribution in [3.63, 3.8) is 0 Å². The van der Waals surface area contributed by atoms with Gasteiger partial charge in [0.15, 0.2) is 0 Å². The molecule has 3 aromatic rings. The molecular formula is C22H19N3O4. The zero-order valence-corrected chi connectivity index (χ0v) is 15.5. The van der Waals surface area contributed by atoms with E-state index in [1.807, 2.05) is 18.2 Å². The first-order chi connectivity index (χ1) is 14.0. The maximum Gasteiger partial charge on any atom is 0.273 e. The van der Waals surface area contributed by atoms with Gasteiger partial charge in [0.05, 0.1) is 11.3 Å². The van der Waals surface area contributed by atoms with Crippen LogP contribution in [-0.2, 0) is 17.8 Å². The van der Waals surface area contributed by atoms with Gasteiger partial charge in [-0.1, -0.05) is 48.5 Å². The number of carbonyl (C=O) groups is 2. The van der Waals surface area contributed by atoms with E-state index in [0.29, 0.717) is 16.8 Å². The fourth-order valence-corrected chi connectivity index (χ4v) is 2.82. The second kappa shape index (κ2) is 9.27. The SMILES string of the molecule is O=C(Cc1ccccc1[N+](=O)[O-])NCc1cccc(C(=O)Nc2ccccc2)c1. The molecule has 3 aromatic carbocycles. The zero-order valence-electron chi connectivity index (χ0n) is 15.5. The molecule has 3 rings (SSSR count). The maximum absolute atomic E-state index is 12.4. The molecule has 0 radical (unpaired) electrons. The first kappa shape index (κ1) is 19.8. The van der Waals surface area contributed by atoms with E-state index < -0.39 is 4.92 Å². The van der Waals surface area contributed by atoms with Crippen LogP contribution < -0.4 is 10.6 Å². The molecule has 0 aliphatic heterocycles. The number of anilines is 1. The van der Waals surface area contributed by atoms with Gasteiger partial charge in [-0.3, -0.25) is 19.7 Å². The molecule has 146 valence electrons. The normalized spacial score (nSPS) is 10.2. The molecule has 0 saturated carbocycles. The summed E-state index contributed by atoms with van der Waals surface area (Å²) in [6, 6.07) is 22.2. The molecule has 0 spiro atoms. The second-order valence-corrected chi connectivity index (χ2v) is 6.36. The molecule has 0 unspecified atom stereocenters. The summed E-state index contributed by atoms with van der Waals surface area (Å²) >= 11 is 0. The summed E-state index contributed by atoms with van der Waals surface area (Å²) in [5.41, 5.74) is 2.19. The molecule has 2 N–H and O–H groups in total. The van der Waals surface area contributed by atoms with Crippen LogP contribution >= 0.6 is 0 Å². The molecule has 0 aliphatic carbocycles. The highest BCUT2D eigenvalue weighted by Crippen LogP contribution is 2.18.